The smallest absolute Gasteiger partial charge is 0.324 e. The molecule has 0 aliphatic heterocycles. The Bertz CT molecular complexity index is 1420. The van der Waals surface area contributed by atoms with Crippen LogP contribution in [0.4, 0.5) is 4.79 Å². The van der Waals surface area contributed by atoms with Gasteiger partial charge in [0.2, 0.25) is 0 Å². The van der Waals surface area contributed by atoms with E-state index in [9.17, 15) is 13.2 Å². The molecule has 166 valence electrons. The van der Waals surface area contributed by atoms with Crippen molar-refractivity contribution < 1.29 is 17.4 Å². The third-order valence-electron chi connectivity index (χ3n) is 5.10. The minimum absolute atomic E-state index is 0.0323. The van der Waals surface area contributed by atoms with Gasteiger partial charge in [-0.05, 0) is 50.2 Å². The molecular weight excluding hydrogens is 452 g/mol. The van der Waals surface area contributed by atoms with Gasteiger partial charge in [-0.25, -0.2) is 4.79 Å². The Morgan fingerprint density at radius 1 is 1.12 bits per heavy atom. The molecule has 0 unspecified atom stereocenters. The van der Waals surface area contributed by atoms with Crippen LogP contribution in [-0.4, -0.2) is 28.9 Å². The summed E-state index contributed by atoms with van der Waals surface area (Å²) in [5.41, 5.74) is 3.24. The summed E-state index contributed by atoms with van der Waals surface area (Å²) in [7, 11) is -2.42. The van der Waals surface area contributed by atoms with Gasteiger partial charge in [0.15, 0.2) is 0 Å². The lowest BCUT2D eigenvalue weighted by atomic mass is 10.2. The van der Waals surface area contributed by atoms with Crippen molar-refractivity contribution in [3.05, 3.63) is 76.6 Å². The Labute approximate surface area is 190 Å². The van der Waals surface area contributed by atoms with Gasteiger partial charge in [0.25, 0.3) is 0 Å². The summed E-state index contributed by atoms with van der Waals surface area (Å²) in [5.74, 6) is 0.738. The van der Waals surface area contributed by atoms with E-state index in [0.717, 1.165) is 27.8 Å². The normalized spacial score (nSPS) is 11.6. The second-order valence-electron chi connectivity index (χ2n) is 7.39. The topological polar surface area (TPSA) is 95.2 Å². The van der Waals surface area contributed by atoms with Crippen LogP contribution in [0.2, 0.25) is 5.02 Å². The summed E-state index contributed by atoms with van der Waals surface area (Å²) in [6.07, 6.45) is 0.824. The summed E-state index contributed by atoms with van der Waals surface area (Å²) in [6.45, 7) is 3.68. The lowest BCUT2D eigenvalue weighted by Crippen LogP contribution is -2.27. The van der Waals surface area contributed by atoms with Crippen molar-refractivity contribution in [1.82, 2.24) is 19.7 Å². The van der Waals surface area contributed by atoms with E-state index in [4.69, 9.17) is 15.8 Å². The van der Waals surface area contributed by atoms with Crippen LogP contribution in [0.15, 0.2) is 59.6 Å². The SMILES string of the molecule is Cc1ccc(S(=O)(=O)OC(=O)NCc2c(C)nn(C)c2-n2ccc3cc(Cl)ccc32)cc1. The molecule has 4 aromatic rings. The molecule has 0 saturated heterocycles. The highest BCUT2D eigenvalue weighted by Crippen LogP contribution is 2.26. The Hall–Kier alpha value is -3.30. The van der Waals surface area contributed by atoms with Gasteiger partial charge in [-0.15, -0.1) is 0 Å². The largest absolute Gasteiger partial charge is 0.423 e. The van der Waals surface area contributed by atoms with Gasteiger partial charge < -0.3 is 14.1 Å². The van der Waals surface area contributed by atoms with Gasteiger partial charge in [0, 0.05) is 29.2 Å². The average Bonchev–Trinajstić information content (AvgIpc) is 3.25. The summed E-state index contributed by atoms with van der Waals surface area (Å²) in [6, 6.07) is 13.6. The highest BCUT2D eigenvalue weighted by molar-refractivity contribution is 7.87. The Kier molecular flexibility index (Phi) is 5.70. The molecular formula is C22H21ClN4O4S. The van der Waals surface area contributed by atoms with Crippen molar-refractivity contribution in [2.45, 2.75) is 25.3 Å². The van der Waals surface area contributed by atoms with E-state index >= 15 is 0 Å². The van der Waals surface area contributed by atoms with Gasteiger partial charge in [-0.1, -0.05) is 29.3 Å². The summed E-state index contributed by atoms with van der Waals surface area (Å²) in [4.78, 5) is 12.2. The molecule has 0 atom stereocenters. The van der Waals surface area contributed by atoms with Gasteiger partial charge in [0.05, 0.1) is 17.8 Å². The number of aromatic nitrogens is 3. The lowest BCUT2D eigenvalue weighted by molar-refractivity contribution is 0.202. The zero-order chi connectivity index (χ0) is 23.0. The van der Waals surface area contributed by atoms with Crippen LogP contribution in [0.25, 0.3) is 16.7 Å². The van der Waals surface area contributed by atoms with Crippen LogP contribution in [-0.2, 0) is 27.9 Å². The van der Waals surface area contributed by atoms with Gasteiger partial charge in [0.1, 0.15) is 10.7 Å². The number of amides is 1. The first-order valence-electron chi connectivity index (χ1n) is 9.74. The number of fused-ring (bicyclic) bond motifs is 1. The quantitative estimate of drug-likeness (QED) is 0.438. The van der Waals surface area contributed by atoms with Gasteiger partial charge in [-0.3, -0.25) is 4.68 Å². The number of nitrogens with zero attached hydrogens (tertiary/aromatic N) is 3. The van der Waals surface area contributed by atoms with Crippen LogP contribution in [0, 0.1) is 13.8 Å². The number of halogens is 1. The molecule has 1 amide bonds. The number of hydrogen-bond donors (Lipinski definition) is 1. The maximum absolute atomic E-state index is 12.3. The van der Waals surface area contributed by atoms with E-state index in [2.05, 4.69) is 10.4 Å². The van der Waals surface area contributed by atoms with Crippen LogP contribution < -0.4 is 5.32 Å². The van der Waals surface area contributed by atoms with Crippen LogP contribution >= 0.6 is 11.6 Å². The van der Waals surface area contributed by atoms with Crippen molar-refractivity contribution in [1.29, 1.82) is 0 Å². The number of carbonyl (C=O) groups is 1. The minimum Gasteiger partial charge on any atom is -0.324 e. The number of hydrogen-bond acceptors (Lipinski definition) is 5. The number of rotatable bonds is 5. The molecule has 2 aromatic heterocycles. The number of nitrogens with one attached hydrogen (secondary N) is 1. The Morgan fingerprint density at radius 3 is 2.56 bits per heavy atom. The first-order valence-corrected chi connectivity index (χ1v) is 11.5. The van der Waals surface area contributed by atoms with Gasteiger partial charge in [-0.2, -0.15) is 13.5 Å². The van der Waals surface area contributed by atoms with E-state index < -0.39 is 16.2 Å². The predicted octanol–water partition coefficient (Wildman–Crippen LogP) is 4.25. The van der Waals surface area contributed by atoms with Crippen molar-refractivity contribution >= 4 is 38.7 Å². The van der Waals surface area contributed by atoms with E-state index in [-0.39, 0.29) is 11.4 Å². The highest BCUT2D eigenvalue weighted by Gasteiger charge is 2.22. The molecule has 0 aliphatic carbocycles. The molecule has 0 bridgehead atoms. The second-order valence-corrected chi connectivity index (χ2v) is 9.37. The van der Waals surface area contributed by atoms with E-state index in [0.29, 0.717) is 10.7 Å². The maximum Gasteiger partial charge on any atom is 0.423 e. The minimum atomic E-state index is -4.22. The van der Waals surface area contributed by atoms with E-state index in [1.165, 1.54) is 12.1 Å². The molecule has 4 rings (SSSR count). The van der Waals surface area contributed by atoms with Crippen LogP contribution in [0.1, 0.15) is 16.8 Å². The fourth-order valence-electron chi connectivity index (χ4n) is 3.54. The van der Waals surface area contributed by atoms with Crippen molar-refractivity contribution in [2.24, 2.45) is 7.05 Å². The second kappa shape index (κ2) is 8.33. The first-order chi connectivity index (χ1) is 15.2. The molecule has 8 nitrogen and oxygen atoms in total. The van der Waals surface area contributed by atoms with E-state index in [1.807, 2.05) is 42.8 Å². The van der Waals surface area contributed by atoms with Crippen molar-refractivity contribution in [3.63, 3.8) is 0 Å². The standard InChI is InChI=1S/C22H21ClN4O4S/c1-14-4-7-18(8-5-14)32(29,30)31-22(28)24-13-19-15(2)25-26(3)21(19)27-11-10-16-12-17(23)6-9-20(16)27/h4-12H,13H2,1-3H3,(H,24,28). The third kappa shape index (κ3) is 4.21. The number of benzene rings is 2. The fourth-order valence-corrected chi connectivity index (χ4v) is 4.54. The lowest BCUT2D eigenvalue weighted by Gasteiger charge is -2.11. The predicted molar refractivity (Wildman–Crippen MR) is 121 cm³/mol. The Balaban J connectivity index is 1.56. The highest BCUT2D eigenvalue weighted by atomic mass is 35.5. The maximum atomic E-state index is 12.3. The Morgan fingerprint density at radius 2 is 1.84 bits per heavy atom. The van der Waals surface area contributed by atoms with Crippen LogP contribution in [0.3, 0.4) is 0 Å². The summed E-state index contributed by atoms with van der Waals surface area (Å²) >= 11 is 6.09. The van der Waals surface area contributed by atoms with Crippen molar-refractivity contribution in [3.8, 4) is 5.82 Å². The first kappa shape index (κ1) is 21.9. The molecule has 0 radical (unpaired) electrons. The molecule has 0 spiro atoms. The molecule has 2 heterocycles. The average molecular weight is 473 g/mol. The van der Waals surface area contributed by atoms with E-state index in [1.54, 1.807) is 29.9 Å². The molecule has 32 heavy (non-hydrogen) atoms. The molecule has 1 N–H and O–H groups in total. The number of carbonyl (C=O) groups excluding carboxylic acids is 1. The molecule has 10 heteroatoms. The molecule has 0 fully saturated rings. The zero-order valence-corrected chi connectivity index (χ0v) is 19.2. The van der Waals surface area contributed by atoms with Gasteiger partial charge >= 0.3 is 16.2 Å². The third-order valence-corrected chi connectivity index (χ3v) is 6.55. The zero-order valence-electron chi connectivity index (χ0n) is 17.7. The fraction of sp³-hybridized carbons (Fsp3) is 0.182. The van der Waals surface area contributed by atoms with Crippen LogP contribution in [0.5, 0.6) is 0 Å². The molecule has 0 saturated carbocycles. The monoisotopic (exact) mass is 472 g/mol. The molecule has 2 aromatic carbocycles. The summed E-state index contributed by atoms with van der Waals surface area (Å²) in [5, 5.41) is 8.57. The number of aryl methyl sites for hydroxylation is 3. The summed E-state index contributed by atoms with van der Waals surface area (Å²) < 4.78 is 33.1. The molecule has 0 aliphatic rings. The van der Waals surface area contributed by atoms with Crippen molar-refractivity contribution in [2.75, 3.05) is 0 Å².